The monoisotopic (exact) mass is 269 g/mol. The Morgan fingerprint density at radius 2 is 2.05 bits per heavy atom. The van der Waals surface area contributed by atoms with E-state index in [0.717, 1.165) is 22.1 Å². The minimum Gasteiger partial charge on any atom is -0.496 e. The van der Waals surface area contributed by atoms with Crippen LogP contribution in [0.25, 0.3) is 10.8 Å². The van der Waals surface area contributed by atoms with Crippen molar-refractivity contribution in [2.75, 3.05) is 7.11 Å². The number of cyclic esters (lactones) is 1. The number of hydrogen-bond acceptors (Lipinski definition) is 4. The summed E-state index contributed by atoms with van der Waals surface area (Å²) in [6.07, 6.45) is 0.487. The number of esters is 1. The van der Waals surface area contributed by atoms with E-state index in [0.29, 0.717) is 12.3 Å². The van der Waals surface area contributed by atoms with Gasteiger partial charge in [0.1, 0.15) is 5.75 Å². The third-order valence-corrected chi connectivity index (χ3v) is 3.47. The molecule has 0 N–H and O–H groups in total. The van der Waals surface area contributed by atoms with Gasteiger partial charge < -0.3 is 9.47 Å². The molecule has 4 heteroatoms. The molecule has 1 aliphatic rings. The maximum atomic E-state index is 11.7. The van der Waals surface area contributed by atoms with E-state index in [-0.39, 0.29) is 5.97 Å². The minimum absolute atomic E-state index is 0.294. The SMILES string of the molecule is COc1ccc2ccccc2c1CC1N=C(C)OC1=O. The van der Waals surface area contributed by atoms with Gasteiger partial charge in [-0.1, -0.05) is 30.3 Å². The summed E-state index contributed by atoms with van der Waals surface area (Å²) in [5.41, 5.74) is 0.992. The van der Waals surface area contributed by atoms with Crippen LogP contribution in [-0.2, 0) is 16.0 Å². The third-order valence-electron chi connectivity index (χ3n) is 3.47. The number of hydrogen-bond donors (Lipinski definition) is 0. The number of ether oxygens (including phenoxy) is 2. The maximum absolute atomic E-state index is 11.7. The second-order valence-corrected chi connectivity index (χ2v) is 4.76. The quantitative estimate of drug-likeness (QED) is 0.805. The second-order valence-electron chi connectivity index (χ2n) is 4.76. The number of benzene rings is 2. The van der Waals surface area contributed by atoms with Crippen molar-refractivity contribution in [1.82, 2.24) is 0 Å². The van der Waals surface area contributed by atoms with E-state index >= 15 is 0 Å². The van der Waals surface area contributed by atoms with E-state index < -0.39 is 6.04 Å². The summed E-state index contributed by atoms with van der Waals surface area (Å²) in [5, 5.41) is 2.20. The highest BCUT2D eigenvalue weighted by Gasteiger charge is 2.28. The van der Waals surface area contributed by atoms with Crippen molar-refractivity contribution in [3.05, 3.63) is 42.0 Å². The van der Waals surface area contributed by atoms with Crippen LogP contribution in [0.15, 0.2) is 41.4 Å². The molecule has 1 heterocycles. The molecule has 1 unspecified atom stereocenters. The highest BCUT2D eigenvalue weighted by Crippen LogP contribution is 2.30. The minimum atomic E-state index is -0.477. The highest BCUT2D eigenvalue weighted by atomic mass is 16.6. The molecule has 0 saturated carbocycles. The number of methoxy groups -OCH3 is 1. The van der Waals surface area contributed by atoms with E-state index in [1.54, 1.807) is 14.0 Å². The van der Waals surface area contributed by atoms with E-state index in [1.807, 2.05) is 36.4 Å². The van der Waals surface area contributed by atoms with Gasteiger partial charge in [0.15, 0.2) is 11.9 Å². The molecule has 4 nitrogen and oxygen atoms in total. The molecule has 0 saturated heterocycles. The molecule has 0 radical (unpaired) electrons. The van der Waals surface area contributed by atoms with E-state index in [9.17, 15) is 4.79 Å². The smallest absolute Gasteiger partial charge is 0.337 e. The molecule has 0 bridgehead atoms. The molecule has 2 aromatic rings. The van der Waals surface area contributed by atoms with Crippen molar-refractivity contribution in [3.8, 4) is 5.75 Å². The normalized spacial score (nSPS) is 18.0. The Kier molecular flexibility index (Phi) is 3.14. The molecule has 3 rings (SSSR count). The largest absolute Gasteiger partial charge is 0.496 e. The van der Waals surface area contributed by atoms with Crippen molar-refractivity contribution < 1.29 is 14.3 Å². The molecule has 0 amide bonds. The van der Waals surface area contributed by atoms with Crippen molar-refractivity contribution in [2.24, 2.45) is 4.99 Å². The van der Waals surface area contributed by atoms with Gasteiger partial charge in [-0.15, -0.1) is 0 Å². The zero-order valence-corrected chi connectivity index (χ0v) is 11.4. The van der Waals surface area contributed by atoms with Gasteiger partial charge in [-0.2, -0.15) is 0 Å². The fourth-order valence-electron chi connectivity index (χ4n) is 2.55. The average molecular weight is 269 g/mol. The molecular weight excluding hydrogens is 254 g/mol. The highest BCUT2D eigenvalue weighted by molar-refractivity contribution is 5.97. The Balaban J connectivity index is 2.07. The van der Waals surface area contributed by atoms with E-state index in [2.05, 4.69) is 4.99 Å². The van der Waals surface area contributed by atoms with Crippen LogP contribution in [0.2, 0.25) is 0 Å². The van der Waals surface area contributed by atoms with Gasteiger partial charge in [0.05, 0.1) is 7.11 Å². The molecule has 2 aromatic carbocycles. The van der Waals surface area contributed by atoms with Gasteiger partial charge in [-0.3, -0.25) is 0 Å². The first-order valence-electron chi connectivity index (χ1n) is 6.50. The van der Waals surface area contributed by atoms with Crippen LogP contribution >= 0.6 is 0 Å². The Labute approximate surface area is 117 Å². The number of fused-ring (bicyclic) bond motifs is 1. The van der Waals surface area contributed by atoms with Gasteiger partial charge >= 0.3 is 5.97 Å². The van der Waals surface area contributed by atoms with Crippen LogP contribution < -0.4 is 4.74 Å². The molecule has 102 valence electrons. The molecule has 1 atom stereocenters. The molecule has 0 spiro atoms. The third kappa shape index (κ3) is 2.13. The second kappa shape index (κ2) is 4.96. The maximum Gasteiger partial charge on any atom is 0.337 e. The van der Waals surface area contributed by atoms with E-state index in [1.165, 1.54) is 0 Å². The summed E-state index contributed by atoms with van der Waals surface area (Å²) in [5.74, 6) is 0.910. The van der Waals surface area contributed by atoms with Crippen molar-refractivity contribution in [3.63, 3.8) is 0 Å². The predicted molar refractivity (Wildman–Crippen MR) is 77.2 cm³/mol. The molecule has 0 aliphatic carbocycles. The summed E-state index contributed by atoms with van der Waals surface area (Å²) in [6, 6.07) is 11.5. The van der Waals surface area contributed by atoms with Crippen LogP contribution in [0.1, 0.15) is 12.5 Å². The van der Waals surface area contributed by atoms with Crippen molar-refractivity contribution in [2.45, 2.75) is 19.4 Å². The van der Waals surface area contributed by atoms with Crippen molar-refractivity contribution >= 4 is 22.6 Å². The predicted octanol–water partition coefficient (Wildman–Crippen LogP) is 2.73. The number of carbonyl (C=O) groups is 1. The number of aliphatic imine (C=N–C) groups is 1. The van der Waals surface area contributed by atoms with Gasteiger partial charge in [0.2, 0.25) is 0 Å². The number of carbonyl (C=O) groups excluding carboxylic acids is 1. The Morgan fingerprint density at radius 1 is 1.25 bits per heavy atom. The van der Waals surface area contributed by atoms with Gasteiger partial charge in [-0.25, -0.2) is 9.79 Å². The van der Waals surface area contributed by atoms with E-state index in [4.69, 9.17) is 9.47 Å². The Hall–Kier alpha value is -2.36. The first-order valence-corrected chi connectivity index (χ1v) is 6.50. The fraction of sp³-hybridized carbons (Fsp3) is 0.250. The zero-order chi connectivity index (χ0) is 14.1. The van der Waals surface area contributed by atoms with Gasteiger partial charge in [-0.05, 0) is 16.8 Å². The molecule has 0 aromatic heterocycles. The van der Waals surface area contributed by atoms with Crippen LogP contribution in [-0.4, -0.2) is 25.0 Å². The van der Waals surface area contributed by atoms with Crippen molar-refractivity contribution in [1.29, 1.82) is 0 Å². The van der Waals surface area contributed by atoms with Gasteiger partial charge in [0, 0.05) is 18.9 Å². The summed E-state index contributed by atoms with van der Waals surface area (Å²) >= 11 is 0. The Morgan fingerprint density at radius 3 is 2.75 bits per heavy atom. The first-order chi connectivity index (χ1) is 9.69. The van der Waals surface area contributed by atoms with Crippen LogP contribution in [0.3, 0.4) is 0 Å². The number of rotatable bonds is 3. The summed E-state index contributed by atoms with van der Waals surface area (Å²) in [6.45, 7) is 1.69. The standard InChI is InChI=1S/C16H15NO3/c1-10-17-14(16(18)20-10)9-13-12-6-4-3-5-11(12)7-8-15(13)19-2/h3-8,14H,9H2,1-2H3. The lowest BCUT2D eigenvalue weighted by Gasteiger charge is -2.13. The lowest BCUT2D eigenvalue weighted by atomic mass is 9.98. The lowest BCUT2D eigenvalue weighted by molar-refractivity contribution is -0.134. The molecule has 0 fully saturated rings. The molecular formula is C16H15NO3. The first kappa shape index (κ1) is 12.7. The zero-order valence-electron chi connectivity index (χ0n) is 11.4. The summed E-state index contributed by atoms with van der Waals surface area (Å²) in [7, 11) is 1.63. The summed E-state index contributed by atoms with van der Waals surface area (Å²) < 4.78 is 10.4. The Bertz CT molecular complexity index is 706. The average Bonchev–Trinajstić information content (AvgIpc) is 2.77. The van der Waals surface area contributed by atoms with Crippen LogP contribution in [0.5, 0.6) is 5.75 Å². The lowest BCUT2D eigenvalue weighted by Crippen LogP contribution is -2.18. The van der Waals surface area contributed by atoms with Gasteiger partial charge in [0.25, 0.3) is 0 Å². The van der Waals surface area contributed by atoms with Crippen LogP contribution in [0.4, 0.5) is 0 Å². The fourth-order valence-corrected chi connectivity index (χ4v) is 2.55. The molecule has 20 heavy (non-hydrogen) atoms. The number of nitrogens with zero attached hydrogens (tertiary/aromatic N) is 1. The summed E-state index contributed by atoms with van der Waals surface area (Å²) in [4.78, 5) is 16.0. The molecule has 1 aliphatic heterocycles. The topological polar surface area (TPSA) is 47.9 Å². The van der Waals surface area contributed by atoms with Crippen LogP contribution in [0, 0.1) is 0 Å².